The highest BCUT2D eigenvalue weighted by molar-refractivity contribution is 7.68. The Balaban J connectivity index is 3.17. The summed E-state index contributed by atoms with van der Waals surface area (Å²) in [6.45, 7) is 3.33. The maximum absolute atomic E-state index is 12.6. The van der Waals surface area contributed by atoms with E-state index in [4.69, 9.17) is 9.63 Å². The fourth-order valence-electron chi connectivity index (χ4n) is 1.38. The van der Waals surface area contributed by atoms with Crippen LogP contribution in [-0.4, -0.2) is 23.3 Å². The Morgan fingerprint density at radius 2 is 2.00 bits per heavy atom. The van der Waals surface area contributed by atoms with Gasteiger partial charge in [0.1, 0.15) is 5.66 Å². The van der Waals surface area contributed by atoms with Crippen LogP contribution in [0.15, 0.2) is 30.3 Å². The molecule has 88 valence electrons. The van der Waals surface area contributed by atoms with E-state index in [9.17, 15) is 9.36 Å². The van der Waals surface area contributed by atoms with E-state index in [1.807, 2.05) is 0 Å². The zero-order chi connectivity index (χ0) is 12.2. The number of hydrogen-bond donors (Lipinski definition) is 1. The third kappa shape index (κ3) is 2.52. The third-order valence-corrected chi connectivity index (χ3v) is 5.20. The molecule has 0 aromatic heterocycles. The van der Waals surface area contributed by atoms with Crippen LogP contribution in [0.2, 0.25) is 0 Å². The smallest absolute Gasteiger partial charge is 0.316 e. The first kappa shape index (κ1) is 12.9. The standard InChI is InChI=1S/C11H15O4P/c1-3-15-16(14,9(2)11(12)13)10-7-5-4-6-8-10/h4-9H,3H2,1-2H3,(H,12,13). The van der Waals surface area contributed by atoms with Gasteiger partial charge in [-0.2, -0.15) is 0 Å². The number of hydrogen-bond acceptors (Lipinski definition) is 3. The number of aliphatic carboxylic acids is 1. The molecular weight excluding hydrogens is 227 g/mol. The zero-order valence-corrected chi connectivity index (χ0v) is 10.2. The highest BCUT2D eigenvalue weighted by atomic mass is 31.2. The van der Waals surface area contributed by atoms with Crippen LogP contribution in [0.3, 0.4) is 0 Å². The quantitative estimate of drug-likeness (QED) is 0.803. The summed E-state index contributed by atoms with van der Waals surface area (Å²) in [4.78, 5) is 10.9. The summed E-state index contributed by atoms with van der Waals surface area (Å²) < 4.78 is 17.8. The van der Waals surface area contributed by atoms with Gasteiger partial charge in [-0.25, -0.2) is 0 Å². The molecule has 1 rings (SSSR count). The van der Waals surface area contributed by atoms with Crippen LogP contribution < -0.4 is 5.30 Å². The van der Waals surface area contributed by atoms with Crippen molar-refractivity contribution < 1.29 is 19.0 Å². The van der Waals surface area contributed by atoms with Crippen molar-refractivity contribution in [1.82, 2.24) is 0 Å². The molecule has 2 atom stereocenters. The zero-order valence-electron chi connectivity index (χ0n) is 9.29. The maximum atomic E-state index is 12.6. The van der Waals surface area contributed by atoms with Gasteiger partial charge in [0.25, 0.3) is 0 Å². The average molecular weight is 242 g/mol. The summed E-state index contributed by atoms with van der Waals surface area (Å²) in [7, 11) is -3.32. The number of rotatable bonds is 5. The van der Waals surface area contributed by atoms with Crippen molar-refractivity contribution in [2.24, 2.45) is 0 Å². The van der Waals surface area contributed by atoms with Crippen LogP contribution in [0, 0.1) is 0 Å². The molecule has 0 radical (unpaired) electrons. The van der Waals surface area contributed by atoms with Gasteiger partial charge >= 0.3 is 5.97 Å². The molecule has 0 saturated carbocycles. The van der Waals surface area contributed by atoms with Crippen LogP contribution in [-0.2, 0) is 13.9 Å². The van der Waals surface area contributed by atoms with E-state index in [0.29, 0.717) is 5.30 Å². The minimum Gasteiger partial charge on any atom is -0.481 e. The van der Waals surface area contributed by atoms with Gasteiger partial charge in [-0.1, -0.05) is 18.2 Å². The van der Waals surface area contributed by atoms with E-state index in [0.717, 1.165) is 0 Å². The molecule has 0 fully saturated rings. The number of benzene rings is 1. The summed E-state index contributed by atoms with van der Waals surface area (Å²) in [6, 6.07) is 8.49. The molecule has 0 saturated heterocycles. The fraction of sp³-hybridized carbons (Fsp3) is 0.364. The minimum absolute atomic E-state index is 0.226. The number of carboxylic acid groups (broad SMARTS) is 1. The van der Waals surface area contributed by atoms with Crippen molar-refractivity contribution in [2.75, 3.05) is 6.61 Å². The lowest BCUT2D eigenvalue weighted by molar-refractivity contribution is -0.136. The van der Waals surface area contributed by atoms with Gasteiger partial charge in [0.15, 0.2) is 0 Å². The first-order chi connectivity index (χ1) is 7.52. The van der Waals surface area contributed by atoms with Crippen molar-refractivity contribution in [3.8, 4) is 0 Å². The second-order valence-electron chi connectivity index (χ2n) is 3.36. The molecule has 0 heterocycles. The van der Waals surface area contributed by atoms with Crippen molar-refractivity contribution in [2.45, 2.75) is 19.5 Å². The predicted molar refractivity (Wildman–Crippen MR) is 62.4 cm³/mol. The second kappa shape index (κ2) is 5.28. The minimum atomic E-state index is -3.32. The van der Waals surface area contributed by atoms with E-state index < -0.39 is 19.0 Å². The largest absolute Gasteiger partial charge is 0.481 e. The molecule has 0 amide bonds. The molecule has 0 spiro atoms. The normalized spacial score (nSPS) is 16.4. The van der Waals surface area contributed by atoms with Gasteiger partial charge in [-0.15, -0.1) is 0 Å². The molecule has 5 heteroatoms. The van der Waals surface area contributed by atoms with Gasteiger partial charge in [0.2, 0.25) is 7.37 Å². The Kier molecular flexibility index (Phi) is 4.27. The average Bonchev–Trinajstić information content (AvgIpc) is 2.29. The Hall–Kier alpha value is -1.12. The van der Waals surface area contributed by atoms with Gasteiger partial charge in [-0.3, -0.25) is 9.36 Å². The monoisotopic (exact) mass is 242 g/mol. The van der Waals surface area contributed by atoms with Gasteiger partial charge in [0.05, 0.1) is 6.61 Å². The lowest BCUT2D eigenvalue weighted by Gasteiger charge is -2.21. The van der Waals surface area contributed by atoms with Crippen molar-refractivity contribution in [3.05, 3.63) is 30.3 Å². The Morgan fingerprint density at radius 1 is 1.44 bits per heavy atom. The topological polar surface area (TPSA) is 63.6 Å². The Bertz CT molecular complexity index is 402. The van der Waals surface area contributed by atoms with E-state index in [2.05, 4.69) is 0 Å². The highest BCUT2D eigenvalue weighted by Crippen LogP contribution is 2.50. The van der Waals surface area contributed by atoms with Crippen LogP contribution >= 0.6 is 7.37 Å². The molecular formula is C11H15O4P. The molecule has 1 N–H and O–H groups in total. The predicted octanol–water partition coefficient (Wildman–Crippen LogP) is 2.10. The molecule has 0 aliphatic rings. The molecule has 16 heavy (non-hydrogen) atoms. The van der Waals surface area contributed by atoms with Gasteiger partial charge in [-0.05, 0) is 26.0 Å². The SMILES string of the molecule is CCOP(=O)(c1ccccc1)C(C)C(=O)O. The Morgan fingerprint density at radius 3 is 2.44 bits per heavy atom. The summed E-state index contributed by atoms with van der Waals surface area (Å²) in [5, 5.41) is 9.40. The Labute approximate surface area is 94.7 Å². The fourth-order valence-corrected chi connectivity index (χ4v) is 3.46. The number of carbonyl (C=O) groups is 1. The molecule has 0 bridgehead atoms. The third-order valence-electron chi connectivity index (χ3n) is 2.30. The van der Waals surface area contributed by atoms with Crippen LogP contribution in [0.4, 0.5) is 0 Å². The number of carboxylic acids is 1. The van der Waals surface area contributed by atoms with Crippen LogP contribution in [0.5, 0.6) is 0 Å². The van der Waals surface area contributed by atoms with Gasteiger partial charge < -0.3 is 9.63 Å². The molecule has 1 aromatic carbocycles. The first-order valence-electron chi connectivity index (χ1n) is 5.05. The molecule has 1 aromatic rings. The summed E-state index contributed by atoms with van der Waals surface area (Å²) >= 11 is 0. The molecule has 0 aliphatic carbocycles. The second-order valence-corrected chi connectivity index (χ2v) is 6.11. The van der Waals surface area contributed by atoms with Crippen LogP contribution in [0.1, 0.15) is 13.8 Å². The maximum Gasteiger partial charge on any atom is 0.316 e. The van der Waals surface area contributed by atoms with Gasteiger partial charge in [0, 0.05) is 5.30 Å². The van der Waals surface area contributed by atoms with Crippen LogP contribution in [0.25, 0.3) is 0 Å². The lowest BCUT2D eigenvalue weighted by Crippen LogP contribution is -2.24. The van der Waals surface area contributed by atoms with E-state index in [1.165, 1.54) is 6.92 Å². The summed E-state index contributed by atoms with van der Waals surface area (Å²) in [5.74, 6) is -1.11. The van der Waals surface area contributed by atoms with Crippen molar-refractivity contribution in [3.63, 3.8) is 0 Å². The molecule has 2 unspecified atom stereocenters. The molecule has 4 nitrogen and oxygen atoms in total. The highest BCUT2D eigenvalue weighted by Gasteiger charge is 2.37. The lowest BCUT2D eigenvalue weighted by atomic mass is 10.4. The molecule has 0 aliphatic heterocycles. The van der Waals surface area contributed by atoms with E-state index in [-0.39, 0.29) is 6.61 Å². The van der Waals surface area contributed by atoms with E-state index in [1.54, 1.807) is 37.3 Å². The van der Waals surface area contributed by atoms with Crippen molar-refractivity contribution >= 4 is 18.6 Å². The van der Waals surface area contributed by atoms with Crippen molar-refractivity contribution in [1.29, 1.82) is 0 Å². The summed E-state index contributed by atoms with van der Waals surface area (Å²) in [6.07, 6.45) is 0. The first-order valence-corrected chi connectivity index (χ1v) is 6.74. The summed E-state index contributed by atoms with van der Waals surface area (Å²) in [5.41, 5.74) is -1.03. The van der Waals surface area contributed by atoms with E-state index >= 15 is 0 Å².